The molecule has 0 aromatic heterocycles. The van der Waals surface area contributed by atoms with Crippen LogP contribution in [0.3, 0.4) is 0 Å². The van der Waals surface area contributed by atoms with Gasteiger partial charge in [-0.05, 0) is 53.8 Å². The number of nitrogens with zero attached hydrogens (tertiary/aromatic N) is 1. The monoisotopic (exact) mass is 408 g/mol. The van der Waals surface area contributed by atoms with Gasteiger partial charge in [-0.25, -0.2) is 0 Å². The Morgan fingerprint density at radius 3 is 2.56 bits per heavy atom. The molecule has 0 bridgehead atoms. The Morgan fingerprint density at radius 2 is 1.85 bits per heavy atom. The summed E-state index contributed by atoms with van der Waals surface area (Å²) in [7, 11) is 3.37. The molecule has 1 saturated heterocycles. The number of fused-ring (bicyclic) bond motifs is 3. The highest BCUT2D eigenvalue weighted by Crippen LogP contribution is 2.44. The van der Waals surface area contributed by atoms with Crippen molar-refractivity contribution in [2.24, 2.45) is 5.73 Å². The lowest BCUT2D eigenvalue weighted by atomic mass is 9.78. The number of piperidine rings is 1. The van der Waals surface area contributed by atoms with Crippen molar-refractivity contribution in [1.29, 1.82) is 0 Å². The van der Waals surface area contributed by atoms with Crippen LogP contribution in [-0.2, 0) is 6.42 Å². The van der Waals surface area contributed by atoms with Gasteiger partial charge >= 0.3 is 0 Å². The quantitative estimate of drug-likeness (QED) is 0.826. The standard InChI is InChI=1S/C21H25ClN2O2.ClH/c1-25-20-9-14-6-7-24-12-17(13-4-3-5-15(22)8-13)18(23)11-19(24)16(14)10-21(20)26-2;/h3-5,8-10,17-19H,6-7,11-12,23H2,1-2H3;1H/t17-,18-,19+;/m1./s1. The van der Waals surface area contributed by atoms with E-state index >= 15 is 0 Å². The van der Waals surface area contributed by atoms with Gasteiger partial charge in [-0.2, -0.15) is 0 Å². The van der Waals surface area contributed by atoms with Gasteiger partial charge in [0.25, 0.3) is 0 Å². The Bertz CT molecular complexity index is 815. The fourth-order valence-corrected chi connectivity index (χ4v) is 4.67. The number of methoxy groups -OCH3 is 2. The van der Waals surface area contributed by atoms with Crippen LogP contribution in [0.4, 0.5) is 0 Å². The van der Waals surface area contributed by atoms with Crippen LogP contribution >= 0.6 is 24.0 Å². The number of halogens is 2. The molecule has 4 nitrogen and oxygen atoms in total. The third-order valence-corrected chi connectivity index (χ3v) is 6.07. The van der Waals surface area contributed by atoms with Crippen molar-refractivity contribution in [1.82, 2.24) is 4.90 Å². The molecule has 0 unspecified atom stereocenters. The molecule has 4 rings (SSSR count). The first-order chi connectivity index (χ1) is 12.6. The van der Waals surface area contributed by atoms with E-state index in [4.69, 9.17) is 26.8 Å². The molecule has 0 aliphatic carbocycles. The summed E-state index contributed by atoms with van der Waals surface area (Å²) in [5.74, 6) is 1.90. The molecule has 2 aliphatic rings. The Hall–Kier alpha value is -1.46. The average molecular weight is 409 g/mol. The maximum absolute atomic E-state index is 6.63. The van der Waals surface area contributed by atoms with Crippen molar-refractivity contribution in [2.75, 3.05) is 27.3 Å². The normalized spacial score (nSPS) is 24.4. The molecule has 6 heteroatoms. The minimum absolute atomic E-state index is 0. The van der Waals surface area contributed by atoms with Crippen LogP contribution in [0, 0.1) is 0 Å². The van der Waals surface area contributed by atoms with Crippen LogP contribution in [-0.4, -0.2) is 38.3 Å². The van der Waals surface area contributed by atoms with Crippen molar-refractivity contribution < 1.29 is 9.47 Å². The Kier molecular flexibility index (Phi) is 6.21. The van der Waals surface area contributed by atoms with E-state index in [1.165, 1.54) is 16.7 Å². The molecule has 27 heavy (non-hydrogen) atoms. The average Bonchev–Trinajstić information content (AvgIpc) is 2.66. The Balaban J connectivity index is 0.00000210. The van der Waals surface area contributed by atoms with E-state index < -0.39 is 0 Å². The van der Waals surface area contributed by atoms with Gasteiger partial charge in [-0.3, -0.25) is 4.90 Å². The second-order valence-corrected chi connectivity index (χ2v) is 7.66. The zero-order valence-corrected chi connectivity index (χ0v) is 17.2. The van der Waals surface area contributed by atoms with Crippen molar-refractivity contribution in [3.63, 3.8) is 0 Å². The molecule has 3 atom stereocenters. The van der Waals surface area contributed by atoms with Gasteiger partial charge in [-0.1, -0.05) is 23.7 Å². The topological polar surface area (TPSA) is 47.7 Å². The van der Waals surface area contributed by atoms with Gasteiger partial charge in [0.05, 0.1) is 14.2 Å². The predicted molar refractivity (Wildman–Crippen MR) is 112 cm³/mol. The highest BCUT2D eigenvalue weighted by atomic mass is 35.5. The summed E-state index contributed by atoms with van der Waals surface area (Å²) < 4.78 is 11.0. The molecule has 0 spiro atoms. The lowest BCUT2D eigenvalue weighted by Crippen LogP contribution is -2.49. The van der Waals surface area contributed by atoms with Crippen LogP contribution in [0.15, 0.2) is 36.4 Å². The minimum Gasteiger partial charge on any atom is -0.493 e. The van der Waals surface area contributed by atoms with E-state index in [0.29, 0.717) is 12.0 Å². The van der Waals surface area contributed by atoms with E-state index in [0.717, 1.165) is 42.5 Å². The molecule has 2 heterocycles. The van der Waals surface area contributed by atoms with Crippen LogP contribution in [0.5, 0.6) is 11.5 Å². The maximum atomic E-state index is 6.63. The number of hydrogen-bond acceptors (Lipinski definition) is 4. The lowest BCUT2D eigenvalue weighted by Gasteiger charge is -2.46. The van der Waals surface area contributed by atoms with Crippen molar-refractivity contribution in [2.45, 2.75) is 30.8 Å². The molecule has 0 radical (unpaired) electrons. The van der Waals surface area contributed by atoms with E-state index in [9.17, 15) is 0 Å². The summed E-state index contributed by atoms with van der Waals surface area (Å²) in [5, 5.41) is 0.776. The van der Waals surface area contributed by atoms with Crippen LogP contribution < -0.4 is 15.2 Å². The van der Waals surface area contributed by atoms with Crippen molar-refractivity contribution in [3.8, 4) is 11.5 Å². The Morgan fingerprint density at radius 1 is 1.11 bits per heavy atom. The highest BCUT2D eigenvalue weighted by molar-refractivity contribution is 6.30. The number of nitrogens with two attached hydrogens (primary N) is 1. The molecular weight excluding hydrogens is 383 g/mol. The van der Waals surface area contributed by atoms with E-state index in [1.807, 2.05) is 12.1 Å². The van der Waals surface area contributed by atoms with Crippen LogP contribution in [0.2, 0.25) is 5.02 Å². The van der Waals surface area contributed by atoms with Gasteiger partial charge in [0.2, 0.25) is 0 Å². The number of ether oxygens (including phenoxy) is 2. The van der Waals surface area contributed by atoms with Crippen LogP contribution in [0.1, 0.15) is 35.1 Å². The molecule has 2 N–H and O–H groups in total. The lowest BCUT2D eigenvalue weighted by molar-refractivity contribution is 0.109. The molecule has 1 fully saturated rings. The molecule has 2 aliphatic heterocycles. The third kappa shape index (κ3) is 3.77. The summed E-state index contributed by atoms with van der Waals surface area (Å²) in [6.45, 7) is 2.00. The highest BCUT2D eigenvalue weighted by Gasteiger charge is 2.38. The summed E-state index contributed by atoms with van der Waals surface area (Å²) in [6, 6.07) is 12.8. The molecule has 146 valence electrons. The fraction of sp³-hybridized carbons (Fsp3) is 0.429. The van der Waals surface area contributed by atoms with E-state index in [1.54, 1.807) is 14.2 Å². The van der Waals surface area contributed by atoms with Gasteiger partial charge in [0.15, 0.2) is 11.5 Å². The summed E-state index contributed by atoms with van der Waals surface area (Å²) >= 11 is 6.20. The SMILES string of the molecule is COc1cc2c(cc1OC)[C@@H]1C[C@@H](N)[C@@H](c3cccc(Cl)c3)CN1CC2.Cl. The first-order valence-corrected chi connectivity index (χ1v) is 9.48. The first-order valence-electron chi connectivity index (χ1n) is 9.10. The third-order valence-electron chi connectivity index (χ3n) is 5.83. The predicted octanol–water partition coefficient (Wildman–Crippen LogP) is 4.19. The number of benzene rings is 2. The minimum atomic E-state index is 0. The maximum Gasteiger partial charge on any atom is 0.161 e. The second-order valence-electron chi connectivity index (χ2n) is 7.23. The van der Waals surface area contributed by atoms with Gasteiger partial charge in [0, 0.05) is 36.1 Å². The van der Waals surface area contributed by atoms with Gasteiger partial charge < -0.3 is 15.2 Å². The summed E-state index contributed by atoms with van der Waals surface area (Å²) in [6.07, 6.45) is 1.95. The number of rotatable bonds is 3. The molecule has 0 saturated carbocycles. The van der Waals surface area contributed by atoms with Crippen molar-refractivity contribution in [3.05, 3.63) is 58.1 Å². The zero-order chi connectivity index (χ0) is 18.3. The van der Waals surface area contributed by atoms with Crippen molar-refractivity contribution >= 4 is 24.0 Å². The van der Waals surface area contributed by atoms with Crippen LogP contribution in [0.25, 0.3) is 0 Å². The first kappa shape index (κ1) is 20.3. The Labute approximate surface area is 172 Å². The summed E-state index contributed by atoms with van der Waals surface area (Å²) in [4.78, 5) is 2.56. The van der Waals surface area contributed by atoms with E-state index in [2.05, 4.69) is 29.2 Å². The smallest absolute Gasteiger partial charge is 0.161 e. The van der Waals surface area contributed by atoms with E-state index in [-0.39, 0.29) is 18.4 Å². The molecule has 2 aromatic carbocycles. The fourth-order valence-electron chi connectivity index (χ4n) is 4.47. The molecule has 2 aromatic rings. The molecular formula is C21H26Cl2N2O2. The summed E-state index contributed by atoms with van der Waals surface area (Å²) in [5.41, 5.74) is 10.5. The van der Waals surface area contributed by atoms with Gasteiger partial charge in [0.1, 0.15) is 0 Å². The molecule has 0 amide bonds. The second kappa shape index (κ2) is 8.27. The largest absolute Gasteiger partial charge is 0.493 e. The number of hydrogen-bond donors (Lipinski definition) is 1. The zero-order valence-electron chi connectivity index (χ0n) is 15.7. The van der Waals surface area contributed by atoms with Gasteiger partial charge in [-0.15, -0.1) is 12.4 Å².